The molecule has 2 heteroatoms. The van der Waals surface area contributed by atoms with Gasteiger partial charge in [-0.15, -0.1) is 0 Å². The topological polar surface area (TPSA) is 35.2 Å². The first-order valence-corrected chi connectivity index (χ1v) is 5.75. The Kier molecular flexibility index (Phi) is 1.99. The van der Waals surface area contributed by atoms with Crippen molar-refractivity contribution < 1.29 is 4.74 Å². The molecule has 2 aliphatic rings. The second-order valence-corrected chi connectivity index (χ2v) is 5.06. The van der Waals surface area contributed by atoms with E-state index in [2.05, 4.69) is 18.2 Å². The van der Waals surface area contributed by atoms with E-state index in [-0.39, 0.29) is 5.54 Å². The van der Waals surface area contributed by atoms with E-state index in [1.807, 2.05) is 6.07 Å². The number of hydrogen-bond acceptors (Lipinski definition) is 2. The van der Waals surface area contributed by atoms with Crippen molar-refractivity contribution in [3.8, 4) is 5.75 Å². The van der Waals surface area contributed by atoms with Crippen LogP contribution in [-0.4, -0.2) is 12.1 Å². The van der Waals surface area contributed by atoms with Gasteiger partial charge in [0.1, 0.15) is 5.75 Å². The zero-order chi connectivity index (χ0) is 10.3. The first-order valence-electron chi connectivity index (χ1n) is 5.75. The summed E-state index contributed by atoms with van der Waals surface area (Å²) in [5, 5.41) is 0. The fraction of sp³-hybridized carbons (Fsp3) is 0.538. The summed E-state index contributed by atoms with van der Waals surface area (Å²) in [6.45, 7) is 0.843. The predicted molar refractivity (Wildman–Crippen MR) is 59.9 cm³/mol. The minimum atomic E-state index is 0.153. The zero-order valence-corrected chi connectivity index (χ0v) is 8.91. The highest BCUT2D eigenvalue weighted by atomic mass is 16.5. The van der Waals surface area contributed by atoms with E-state index < -0.39 is 0 Å². The number of fused-ring (bicyclic) bond motifs is 1. The summed E-state index contributed by atoms with van der Waals surface area (Å²) in [7, 11) is 0. The number of benzene rings is 1. The normalized spacial score (nSPS) is 26.6. The minimum absolute atomic E-state index is 0.153. The molecule has 0 amide bonds. The average molecular weight is 203 g/mol. The van der Waals surface area contributed by atoms with E-state index in [4.69, 9.17) is 10.5 Å². The lowest BCUT2D eigenvalue weighted by molar-refractivity contribution is 0.204. The van der Waals surface area contributed by atoms with Crippen molar-refractivity contribution in [2.24, 2.45) is 11.7 Å². The summed E-state index contributed by atoms with van der Waals surface area (Å²) in [5.41, 5.74) is 7.64. The lowest BCUT2D eigenvalue weighted by atomic mass is 9.90. The first-order chi connectivity index (χ1) is 7.25. The van der Waals surface area contributed by atoms with Gasteiger partial charge in [-0.2, -0.15) is 0 Å². The molecule has 1 atom stereocenters. The Bertz CT molecular complexity index is 371. The Labute approximate surface area is 90.4 Å². The first kappa shape index (κ1) is 9.22. The summed E-state index contributed by atoms with van der Waals surface area (Å²) in [6, 6.07) is 8.34. The number of hydrogen-bond donors (Lipinski definition) is 1. The van der Waals surface area contributed by atoms with Crippen molar-refractivity contribution in [1.29, 1.82) is 0 Å². The standard InChI is InChI=1S/C13H17NO/c14-13(5-6-13)8-10-7-11-3-1-2-4-12(11)15-9-10/h1-4,10H,5-9,14H2. The van der Waals surface area contributed by atoms with Gasteiger partial charge >= 0.3 is 0 Å². The molecule has 2 N–H and O–H groups in total. The third kappa shape index (κ3) is 1.86. The molecule has 1 aliphatic carbocycles. The van der Waals surface area contributed by atoms with E-state index >= 15 is 0 Å². The van der Waals surface area contributed by atoms with Crippen molar-refractivity contribution >= 4 is 0 Å². The Morgan fingerprint density at radius 3 is 2.93 bits per heavy atom. The molecule has 1 aromatic carbocycles. The maximum Gasteiger partial charge on any atom is 0.122 e. The van der Waals surface area contributed by atoms with E-state index in [1.165, 1.54) is 18.4 Å². The summed E-state index contributed by atoms with van der Waals surface area (Å²) >= 11 is 0. The molecular weight excluding hydrogens is 186 g/mol. The molecule has 1 unspecified atom stereocenters. The molecular formula is C13H17NO. The summed E-state index contributed by atoms with van der Waals surface area (Å²) < 4.78 is 5.75. The lowest BCUT2D eigenvalue weighted by Crippen LogP contribution is -2.31. The van der Waals surface area contributed by atoms with Crippen LogP contribution in [0.3, 0.4) is 0 Å². The number of nitrogens with two attached hydrogens (primary N) is 1. The molecule has 1 fully saturated rings. The van der Waals surface area contributed by atoms with Crippen LogP contribution in [0.2, 0.25) is 0 Å². The molecule has 15 heavy (non-hydrogen) atoms. The van der Waals surface area contributed by atoms with E-state index in [0.717, 1.165) is 25.2 Å². The number of para-hydroxylation sites is 1. The number of rotatable bonds is 2. The SMILES string of the molecule is NC1(CC2COc3ccccc3C2)CC1. The maximum absolute atomic E-state index is 6.14. The van der Waals surface area contributed by atoms with Crippen LogP contribution >= 0.6 is 0 Å². The monoisotopic (exact) mass is 203 g/mol. The zero-order valence-electron chi connectivity index (χ0n) is 8.91. The second kappa shape index (κ2) is 3.24. The summed E-state index contributed by atoms with van der Waals surface area (Å²) in [4.78, 5) is 0. The quantitative estimate of drug-likeness (QED) is 0.799. The Balaban J connectivity index is 1.72. The van der Waals surface area contributed by atoms with Gasteiger partial charge in [0, 0.05) is 5.54 Å². The van der Waals surface area contributed by atoms with Crippen LogP contribution in [0.5, 0.6) is 5.75 Å². The highest BCUT2D eigenvalue weighted by molar-refractivity contribution is 5.35. The molecule has 2 nitrogen and oxygen atoms in total. The fourth-order valence-electron chi connectivity index (χ4n) is 2.46. The van der Waals surface area contributed by atoms with Crippen molar-refractivity contribution in [3.05, 3.63) is 29.8 Å². The Hall–Kier alpha value is -1.02. The third-order valence-corrected chi connectivity index (χ3v) is 3.54. The van der Waals surface area contributed by atoms with Crippen molar-refractivity contribution in [1.82, 2.24) is 0 Å². The summed E-state index contributed by atoms with van der Waals surface area (Å²) in [6.07, 6.45) is 4.66. The van der Waals surface area contributed by atoms with Gasteiger partial charge < -0.3 is 10.5 Å². The van der Waals surface area contributed by atoms with Crippen molar-refractivity contribution in [3.63, 3.8) is 0 Å². The van der Waals surface area contributed by atoms with Crippen LogP contribution in [0.4, 0.5) is 0 Å². The second-order valence-electron chi connectivity index (χ2n) is 5.06. The van der Waals surface area contributed by atoms with E-state index in [9.17, 15) is 0 Å². The lowest BCUT2D eigenvalue weighted by Gasteiger charge is -2.27. The predicted octanol–water partition coefficient (Wildman–Crippen LogP) is 2.12. The van der Waals surface area contributed by atoms with Gasteiger partial charge in [0.2, 0.25) is 0 Å². The van der Waals surface area contributed by atoms with Crippen LogP contribution in [0.25, 0.3) is 0 Å². The van der Waals surface area contributed by atoms with E-state index in [0.29, 0.717) is 5.92 Å². The smallest absolute Gasteiger partial charge is 0.122 e. The molecule has 0 bridgehead atoms. The van der Waals surface area contributed by atoms with Crippen LogP contribution in [0, 0.1) is 5.92 Å². The summed E-state index contributed by atoms with van der Waals surface area (Å²) in [5.74, 6) is 1.68. The molecule has 1 heterocycles. The average Bonchev–Trinajstić information content (AvgIpc) is 2.96. The maximum atomic E-state index is 6.14. The molecule has 0 spiro atoms. The molecule has 3 rings (SSSR count). The molecule has 80 valence electrons. The molecule has 0 saturated heterocycles. The van der Waals surface area contributed by atoms with Gasteiger partial charge in [-0.25, -0.2) is 0 Å². The molecule has 1 aromatic rings. The van der Waals surface area contributed by atoms with Gasteiger partial charge in [0.25, 0.3) is 0 Å². The van der Waals surface area contributed by atoms with Gasteiger partial charge in [0.15, 0.2) is 0 Å². The minimum Gasteiger partial charge on any atom is -0.493 e. The molecule has 0 aromatic heterocycles. The Morgan fingerprint density at radius 1 is 1.33 bits per heavy atom. The highest BCUT2D eigenvalue weighted by Crippen LogP contribution is 2.40. The van der Waals surface area contributed by atoms with Gasteiger partial charge in [-0.1, -0.05) is 18.2 Å². The third-order valence-electron chi connectivity index (χ3n) is 3.54. The van der Waals surface area contributed by atoms with Crippen LogP contribution < -0.4 is 10.5 Å². The fourth-order valence-corrected chi connectivity index (χ4v) is 2.46. The van der Waals surface area contributed by atoms with Crippen molar-refractivity contribution in [2.75, 3.05) is 6.61 Å². The highest BCUT2D eigenvalue weighted by Gasteiger charge is 2.40. The molecule has 0 radical (unpaired) electrons. The number of ether oxygens (including phenoxy) is 1. The van der Waals surface area contributed by atoms with Crippen molar-refractivity contribution in [2.45, 2.75) is 31.2 Å². The van der Waals surface area contributed by atoms with Crippen LogP contribution in [0.15, 0.2) is 24.3 Å². The Morgan fingerprint density at radius 2 is 2.13 bits per heavy atom. The largest absolute Gasteiger partial charge is 0.493 e. The van der Waals surface area contributed by atoms with Gasteiger partial charge in [-0.05, 0) is 43.2 Å². The molecule has 1 aliphatic heterocycles. The van der Waals surface area contributed by atoms with Crippen LogP contribution in [0.1, 0.15) is 24.8 Å². The van der Waals surface area contributed by atoms with Gasteiger partial charge in [0.05, 0.1) is 6.61 Å². The van der Waals surface area contributed by atoms with Gasteiger partial charge in [-0.3, -0.25) is 0 Å². The van der Waals surface area contributed by atoms with Crippen LogP contribution in [-0.2, 0) is 6.42 Å². The van der Waals surface area contributed by atoms with E-state index in [1.54, 1.807) is 0 Å². The molecule has 1 saturated carbocycles.